The van der Waals surface area contributed by atoms with Gasteiger partial charge in [-0.1, -0.05) is 27.7 Å². The molecule has 1 heteroatoms. The second-order valence-corrected chi connectivity index (χ2v) is 7.69. The molecule has 0 bridgehead atoms. The molecule has 0 amide bonds. The van der Waals surface area contributed by atoms with Crippen LogP contribution >= 0.6 is 0 Å². The maximum absolute atomic E-state index is 6.73. The van der Waals surface area contributed by atoms with Crippen LogP contribution in [0.3, 0.4) is 0 Å². The van der Waals surface area contributed by atoms with Crippen LogP contribution in [-0.2, 0) is 0 Å². The van der Waals surface area contributed by atoms with Gasteiger partial charge >= 0.3 is 0 Å². The lowest BCUT2D eigenvalue weighted by Crippen LogP contribution is -2.48. The molecule has 0 aromatic carbocycles. The second-order valence-electron chi connectivity index (χ2n) is 7.69. The Morgan fingerprint density at radius 2 is 1.50 bits per heavy atom. The van der Waals surface area contributed by atoms with Gasteiger partial charge in [-0.3, -0.25) is 0 Å². The van der Waals surface area contributed by atoms with E-state index in [4.69, 9.17) is 5.73 Å². The fourth-order valence-electron chi connectivity index (χ4n) is 4.40. The molecule has 2 N–H and O–H groups in total. The quantitative estimate of drug-likeness (QED) is 0.715. The Kier molecular flexibility index (Phi) is 3.11. The van der Waals surface area contributed by atoms with Crippen LogP contribution in [-0.4, -0.2) is 5.54 Å². The summed E-state index contributed by atoms with van der Waals surface area (Å²) in [5.41, 5.74) is 7.38. The SMILES string of the molecule is CC1CC(C)CC(C2(N)CCC(C)(C)C2)C1. The van der Waals surface area contributed by atoms with Gasteiger partial charge < -0.3 is 5.73 Å². The topological polar surface area (TPSA) is 26.0 Å². The highest BCUT2D eigenvalue weighted by atomic mass is 14.8. The number of nitrogens with two attached hydrogens (primary N) is 1. The summed E-state index contributed by atoms with van der Waals surface area (Å²) < 4.78 is 0. The lowest BCUT2D eigenvalue weighted by molar-refractivity contribution is 0.129. The molecule has 0 spiro atoms. The van der Waals surface area contributed by atoms with Gasteiger partial charge in [0.05, 0.1) is 0 Å². The molecule has 2 saturated carbocycles. The third-order valence-corrected chi connectivity index (χ3v) is 5.07. The molecule has 0 aromatic heterocycles. The van der Waals surface area contributed by atoms with Crippen molar-refractivity contribution < 1.29 is 0 Å². The molecular weight excluding hydrogens is 194 g/mol. The van der Waals surface area contributed by atoms with E-state index in [2.05, 4.69) is 27.7 Å². The maximum atomic E-state index is 6.73. The van der Waals surface area contributed by atoms with E-state index in [1.807, 2.05) is 0 Å². The Bertz CT molecular complexity index is 248. The van der Waals surface area contributed by atoms with Crippen molar-refractivity contribution in [3.05, 3.63) is 0 Å². The van der Waals surface area contributed by atoms with Crippen molar-refractivity contribution in [1.29, 1.82) is 0 Å². The molecule has 3 atom stereocenters. The molecule has 0 heterocycles. The first kappa shape index (κ1) is 12.4. The molecule has 0 saturated heterocycles. The Labute approximate surface area is 101 Å². The summed E-state index contributed by atoms with van der Waals surface area (Å²) in [4.78, 5) is 0. The first-order valence-corrected chi connectivity index (χ1v) is 7.10. The van der Waals surface area contributed by atoms with E-state index in [1.165, 1.54) is 38.5 Å². The molecule has 16 heavy (non-hydrogen) atoms. The van der Waals surface area contributed by atoms with E-state index in [-0.39, 0.29) is 5.54 Å². The molecule has 0 aromatic rings. The van der Waals surface area contributed by atoms with Gasteiger partial charge in [0.1, 0.15) is 0 Å². The Balaban J connectivity index is 2.06. The summed E-state index contributed by atoms with van der Waals surface area (Å²) in [6, 6.07) is 0. The lowest BCUT2D eigenvalue weighted by atomic mass is 9.67. The lowest BCUT2D eigenvalue weighted by Gasteiger charge is -2.42. The van der Waals surface area contributed by atoms with Gasteiger partial charge in [0.25, 0.3) is 0 Å². The minimum Gasteiger partial charge on any atom is -0.325 e. The molecule has 2 rings (SSSR count). The van der Waals surface area contributed by atoms with Crippen LogP contribution < -0.4 is 5.73 Å². The van der Waals surface area contributed by atoms with Crippen molar-refractivity contribution in [2.24, 2.45) is 28.9 Å². The van der Waals surface area contributed by atoms with E-state index in [9.17, 15) is 0 Å². The number of hydrogen-bond acceptors (Lipinski definition) is 1. The van der Waals surface area contributed by atoms with E-state index >= 15 is 0 Å². The van der Waals surface area contributed by atoms with E-state index in [1.54, 1.807) is 0 Å². The smallest absolute Gasteiger partial charge is 0.0188 e. The number of rotatable bonds is 1. The fraction of sp³-hybridized carbons (Fsp3) is 1.00. The van der Waals surface area contributed by atoms with Gasteiger partial charge in [-0.25, -0.2) is 0 Å². The van der Waals surface area contributed by atoms with Crippen molar-refractivity contribution in [3.8, 4) is 0 Å². The molecular formula is C15H29N. The third kappa shape index (κ3) is 2.45. The molecule has 2 aliphatic rings. The van der Waals surface area contributed by atoms with Crippen LogP contribution in [0.15, 0.2) is 0 Å². The molecule has 1 nitrogen and oxygen atoms in total. The van der Waals surface area contributed by atoms with Crippen LogP contribution in [0.2, 0.25) is 0 Å². The van der Waals surface area contributed by atoms with Crippen molar-refractivity contribution in [1.82, 2.24) is 0 Å². The standard InChI is InChI=1S/C15H29N/c1-11-7-12(2)9-13(8-11)15(16)6-5-14(3,4)10-15/h11-13H,5-10,16H2,1-4H3. The van der Waals surface area contributed by atoms with Crippen LogP contribution in [0.5, 0.6) is 0 Å². The summed E-state index contributed by atoms with van der Waals surface area (Å²) >= 11 is 0. The fourth-order valence-corrected chi connectivity index (χ4v) is 4.40. The summed E-state index contributed by atoms with van der Waals surface area (Å²) in [7, 11) is 0. The third-order valence-electron chi connectivity index (χ3n) is 5.07. The molecule has 0 radical (unpaired) electrons. The zero-order chi connectivity index (χ0) is 12.0. The van der Waals surface area contributed by atoms with Crippen LogP contribution in [0, 0.1) is 23.2 Å². The van der Waals surface area contributed by atoms with Crippen LogP contribution in [0.1, 0.15) is 66.2 Å². The monoisotopic (exact) mass is 223 g/mol. The summed E-state index contributed by atoms with van der Waals surface area (Å²) in [6.07, 6.45) is 7.97. The zero-order valence-corrected chi connectivity index (χ0v) is 11.6. The second kappa shape index (κ2) is 4.01. The molecule has 0 aliphatic heterocycles. The first-order chi connectivity index (χ1) is 7.31. The highest BCUT2D eigenvalue weighted by molar-refractivity contribution is 5.03. The van der Waals surface area contributed by atoms with Crippen molar-refractivity contribution in [2.45, 2.75) is 71.8 Å². The zero-order valence-electron chi connectivity index (χ0n) is 11.6. The average Bonchev–Trinajstić information content (AvgIpc) is 2.40. The Morgan fingerprint density at radius 3 is 1.94 bits per heavy atom. The van der Waals surface area contributed by atoms with Gasteiger partial charge in [-0.15, -0.1) is 0 Å². The first-order valence-electron chi connectivity index (χ1n) is 7.10. The minimum atomic E-state index is 0.159. The maximum Gasteiger partial charge on any atom is 0.0188 e. The normalized spacial score (nSPS) is 48.2. The highest BCUT2D eigenvalue weighted by Crippen LogP contribution is 2.50. The Morgan fingerprint density at radius 1 is 0.938 bits per heavy atom. The van der Waals surface area contributed by atoms with Crippen molar-refractivity contribution in [3.63, 3.8) is 0 Å². The summed E-state index contributed by atoms with van der Waals surface area (Å²) in [6.45, 7) is 9.59. The summed E-state index contributed by atoms with van der Waals surface area (Å²) in [5.74, 6) is 2.56. The highest BCUT2D eigenvalue weighted by Gasteiger charge is 2.46. The van der Waals surface area contributed by atoms with Crippen LogP contribution in [0.4, 0.5) is 0 Å². The predicted octanol–water partition coefficient (Wildman–Crippen LogP) is 3.97. The summed E-state index contributed by atoms with van der Waals surface area (Å²) in [5, 5.41) is 0. The van der Waals surface area contributed by atoms with E-state index in [0.29, 0.717) is 5.41 Å². The average molecular weight is 223 g/mol. The molecule has 3 unspecified atom stereocenters. The predicted molar refractivity (Wildman–Crippen MR) is 70.2 cm³/mol. The van der Waals surface area contributed by atoms with Gasteiger partial charge in [0, 0.05) is 5.54 Å². The molecule has 2 aliphatic carbocycles. The van der Waals surface area contributed by atoms with Crippen molar-refractivity contribution >= 4 is 0 Å². The van der Waals surface area contributed by atoms with Gasteiger partial charge in [-0.05, 0) is 61.7 Å². The van der Waals surface area contributed by atoms with Crippen molar-refractivity contribution in [2.75, 3.05) is 0 Å². The van der Waals surface area contributed by atoms with E-state index in [0.717, 1.165) is 17.8 Å². The van der Waals surface area contributed by atoms with Gasteiger partial charge in [0.15, 0.2) is 0 Å². The van der Waals surface area contributed by atoms with E-state index < -0.39 is 0 Å². The van der Waals surface area contributed by atoms with Gasteiger partial charge in [-0.2, -0.15) is 0 Å². The minimum absolute atomic E-state index is 0.159. The Hall–Kier alpha value is -0.0400. The number of hydrogen-bond donors (Lipinski definition) is 1. The van der Waals surface area contributed by atoms with Gasteiger partial charge in [0.2, 0.25) is 0 Å². The molecule has 94 valence electrons. The largest absolute Gasteiger partial charge is 0.325 e. The van der Waals surface area contributed by atoms with Crippen LogP contribution in [0.25, 0.3) is 0 Å². The molecule has 2 fully saturated rings.